The predicted molar refractivity (Wildman–Crippen MR) is 52.0 cm³/mol. The van der Waals surface area contributed by atoms with Crippen molar-refractivity contribution in [2.24, 2.45) is 0 Å². The quantitative estimate of drug-likeness (QED) is 0.713. The SMILES string of the molecule is CC1CNC(c2ccncc2)S1. The second-order valence-corrected chi connectivity index (χ2v) is 4.56. The van der Waals surface area contributed by atoms with Gasteiger partial charge < -0.3 is 5.32 Å². The van der Waals surface area contributed by atoms with Crippen molar-refractivity contribution in [2.45, 2.75) is 17.5 Å². The smallest absolute Gasteiger partial charge is 0.0794 e. The zero-order valence-corrected chi connectivity index (χ0v) is 7.84. The van der Waals surface area contributed by atoms with Gasteiger partial charge in [0.05, 0.1) is 5.37 Å². The Labute approximate surface area is 76.8 Å². The first kappa shape index (κ1) is 8.08. The van der Waals surface area contributed by atoms with Gasteiger partial charge in [-0.15, -0.1) is 11.8 Å². The molecule has 0 spiro atoms. The number of rotatable bonds is 1. The van der Waals surface area contributed by atoms with Gasteiger partial charge >= 0.3 is 0 Å². The lowest BCUT2D eigenvalue weighted by atomic mass is 10.2. The number of aromatic nitrogens is 1. The Morgan fingerprint density at radius 1 is 1.50 bits per heavy atom. The molecule has 2 heterocycles. The first-order valence-corrected chi connectivity index (χ1v) is 5.09. The second-order valence-electron chi connectivity index (χ2n) is 3.02. The molecule has 0 aromatic carbocycles. The molecule has 1 aliphatic rings. The maximum atomic E-state index is 4.00. The highest BCUT2D eigenvalue weighted by Gasteiger charge is 2.21. The molecule has 1 N–H and O–H groups in total. The van der Waals surface area contributed by atoms with Gasteiger partial charge in [-0.05, 0) is 17.7 Å². The number of hydrogen-bond donors (Lipinski definition) is 1. The fourth-order valence-corrected chi connectivity index (χ4v) is 2.50. The van der Waals surface area contributed by atoms with Crippen LogP contribution in [-0.4, -0.2) is 16.8 Å². The van der Waals surface area contributed by atoms with E-state index in [1.807, 2.05) is 24.2 Å². The zero-order chi connectivity index (χ0) is 8.39. The maximum absolute atomic E-state index is 4.00. The highest BCUT2D eigenvalue weighted by molar-refractivity contribution is 8.00. The van der Waals surface area contributed by atoms with E-state index in [0.717, 1.165) is 11.8 Å². The lowest BCUT2D eigenvalue weighted by Crippen LogP contribution is -2.13. The van der Waals surface area contributed by atoms with E-state index in [4.69, 9.17) is 0 Å². The summed E-state index contributed by atoms with van der Waals surface area (Å²) < 4.78 is 0. The minimum absolute atomic E-state index is 0.475. The van der Waals surface area contributed by atoms with Crippen molar-refractivity contribution in [3.8, 4) is 0 Å². The molecule has 0 radical (unpaired) electrons. The van der Waals surface area contributed by atoms with Crippen molar-refractivity contribution in [1.29, 1.82) is 0 Å². The van der Waals surface area contributed by atoms with Crippen LogP contribution in [0.4, 0.5) is 0 Å². The fourth-order valence-electron chi connectivity index (χ4n) is 1.34. The average Bonchev–Trinajstić information content (AvgIpc) is 2.54. The van der Waals surface area contributed by atoms with Gasteiger partial charge in [-0.25, -0.2) is 0 Å². The van der Waals surface area contributed by atoms with Gasteiger partial charge in [-0.1, -0.05) is 6.92 Å². The highest BCUT2D eigenvalue weighted by Crippen LogP contribution is 2.33. The Kier molecular flexibility index (Phi) is 2.33. The molecule has 1 fully saturated rings. The van der Waals surface area contributed by atoms with Gasteiger partial charge in [0, 0.05) is 24.2 Å². The molecule has 0 amide bonds. The van der Waals surface area contributed by atoms with E-state index in [1.165, 1.54) is 5.56 Å². The van der Waals surface area contributed by atoms with Gasteiger partial charge in [0.1, 0.15) is 0 Å². The van der Waals surface area contributed by atoms with Crippen LogP contribution in [0.15, 0.2) is 24.5 Å². The second kappa shape index (κ2) is 3.46. The van der Waals surface area contributed by atoms with Crippen LogP contribution in [0.5, 0.6) is 0 Å². The van der Waals surface area contributed by atoms with Gasteiger partial charge in [0.15, 0.2) is 0 Å². The van der Waals surface area contributed by atoms with Gasteiger partial charge in [-0.3, -0.25) is 4.98 Å². The summed E-state index contributed by atoms with van der Waals surface area (Å²) in [6.07, 6.45) is 3.70. The van der Waals surface area contributed by atoms with E-state index in [2.05, 4.69) is 29.4 Å². The Morgan fingerprint density at radius 3 is 2.83 bits per heavy atom. The molecule has 1 aromatic heterocycles. The summed E-state index contributed by atoms with van der Waals surface area (Å²) in [7, 11) is 0. The molecule has 2 atom stereocenters. The van der Waals surface area contributed by atoms with E-state index in [1.54, 1.807) is 0 Å². The molecule has 0 bridgehead atoms. The molecule has 2 nitrogen and oxygen atoms in total. The molecule has 0 aliphatic carbocycles. The zero-order valence-electron chi connectivity index (χ0n) is 7.03. The van der Waals surface area contributed by atoms with Crippen LogP contribution in [0.25, 0.3) is 0 Å². The van der Waals surface area contributed by atoms with Gasteiger partial charge in [-0.2, -0.15) is 0 Å². The molecule has 12 heavy (non-hydrogen) atoms. The molecular formula is C9H12N2S. The molecule has 1 saturated heterocycles. The summed E-state index contributed by atoms with van der Waals surface area (Å²) >= 11 is 1.98. The van der Waals surface area contributed by atoms with Crippen LogP contribution < -0.4 is 5.32 Å². The summed E-state index contributed by atoms with van der Waals surface area (Å²) in [6, 6.07) is 4.14. The molecule has 1 aliphatic heterocycles. The molecule has 1 aromatic rings. The third kappa shape index (κ3) is 1.62. The molecule has 64 valence electrons. The van der Waals surface area contributed by atoms with Crippen LogP contribution in [0, 0.1) is 0 Å². The Balaban J connectivity index is 2.11. The van der Waals surface area contributed by atoms with E-state index >= 15 is 0 Å². The minimum atomic E-state index is 0.475. The largest absolute Gasteiger partial charge is 0.301 e. The third-order valence-corrected chi connectivity index (χ3v) is 3.31. The molecule has 2 rings (SSSR count). The van der Waals surface area contributed by atoms with E-state index in [9.17, 15) is 0 Å². The van der Waals surface area contributed by atoms with E-state index < -0.39 is 0 Å². The Morgan fingerprint density at radius 2 is 2.25 bits per heavy atom. The maximum Gasteiger partial charge on any atom is 0.0794 e. The van der Waals surface area contributed by atoms with Crippen molar-refractivity contribution >= 4 is 11.8 Å². The fraction of sp³-hybridized carbons (Fsp3) is 0.444. The first-order valence-electron chi connectivity index (χ1n) is 4.15. The van der Waals surface area contributed by atoms with Crippen LogP contribution in [0.3, 0.4) is 0 Å². The monoisotopic (exact) mass is 180 g/mol. The van der Waals surface area contributed by atoms with Crippen LogP contribution >= 0.6 is 11.8 Å². The summed E-state index contributed by atoms with van der Waals surface area (Å²) in [5.41, 5.74) is 1.33. The van der Waals surface area contributed by atoms with Crippen molar-refractivity contribution in [3.63, 3.8) is 0 Å². The predicted octanol–water partition coefficient (Wildman–Crippen LogP) is 1.81. The Hall–Kier alpha value is -0.540. The van der Waals surface area contributed by atoms with E-state index in [0.29, 0.717) is 5.37 Å². The van der Waals surface area contributed by atoms with Gasteiger partial charge in [0.25, 0.3) is 0 Å². The Bertz CT molecular complexity index is 250. The summed E-state index contributed by atoms with van der Waals surface area (Å²) in [5, 5.41) is 4.66. The number of hydrogen-bond acceptors (Lipinski definition) is 3. The van der Waals surface area contributed by atoms with Crippen molar-refractivity contribution in [2.75, 3.05) is 6.54 Å². The minimum Gasteiger partial charge on any atom is -0.301 e. The molecule has 3 heteroatoms. The highest BCUT2D eigenvalue weighted by atomic mass is 32.2. The lowest BCUT2D eigenvalue weighted by molar-refractivity contribution is 0.717. The van der Waals surface area contributed by atoms with Crippen LogP contribution in [0.1, 0.15) is 17.9 Å². The summed E-state index contributed by atoms with van der Waals surface area (Å²) in [4.78, 5) is 4.00. The van der Waals surface area contributed by atoms with Crippen molar-refractivity contribution in [1.82, 2.24) is 10.3 Å². The molecule has 2 unspecified atom stereocenters. The number of pyridine rings is 1. The first-order chi connectivity index (χ1) is 5.86. The van der Waals surface area contributed by atoms with Crippen molar-refractivity contribution < 1.29 is 0 Å². The summed E-state index contributed by atoms with van der Waals surface area (Å²) in [6.45, 7) is 3.36. The number of nitrogens with zero attached hydrogens (tertiary/aromatic N) is 1. The topological polar surface area (TPSA) is 24.9 Å². The number of thioether (sulfide) groups is 1. The van der Waals surface area contributed by atoms with Crippen LogP contribution in [0.2, 0.25) is 0 Å². The third-order valence-electron chi connectivity index (χ3n) is 1.97. The van der Waals surface area contributed by atoms with Crippen molar-refractivity contribution in [3.05, 3.63) is 30.1 Å². The van der Waals surface area contributed by atoms with Gasteiger partial charge in [0.2, 0.25) is 0 Å². The normalized spacial score (nSPS) is 29.1. The lowest BCUT2D eigenvalue weighted by Gasteiger charge is -2.08. The van der Waals surface area contributed by atoms with E-state index in [-0.39, 0.29) is 0 Å². The summed E-state index contributed by atoms with van der Waals surface area (Å²) in [5.74, 6) is 0. The standard InChI is InChI=1S/C9H12N2S/c1-7-6-11-9(12-7)8-2-4-10-5-3-8/h2-5,7,9,11H,6H2,1H3. The molecule has 0 saturated carbocycles. The molecular weight excluding hydrogens is 168 g/mol. The number of nitrogens with one attached hydrogen (secondary N) is 1. The average molecular weight is 180 g/mol. The van der Waals surface area contributed by atoms with Crippen LogP contribution in [-0.2, 0) is 0 Å².